The van der Waals surface area contributed by atoms with Crippen molar-refractivity contribution in [3.8, 4) is 0 Å². The van der Waals surface area contributed by atoms with Gasteiger partial charge in [-0.25, -0.2) is 0 Å². The highest BCUT2D eigenvalue weighted by Crippen LogP contribution is 2.49. The number of rotatable bonds is 0. The molecule has 1 aromatic carbocycles. The molecule has 1 aromatic rings. The fraction of sp³-hybridized carbons (Fsp3) is 0.647. The molecular weight excluding hydrogens is 218 g/mol. The molecule has 0 saturated heterocycles. The molecule has 1 aliphatic carbocycles. The summed E-state index contributed by atoms with van der Waals surface area (Å²) in [7, 11) is 0. The first kappa shape index (κ1) is 12.1. The molecule has 0 spiro atoms. The van der Waals surface area contributed by atoms with Crippen LogP contribution in [-0.4, -0.2) is 6.04 Å². The van der Waals surface area contributed by atoms with Crippen molar-refractivity contribution in [1.29, 1.82) is 0 Å². The lowest BCUT2D eigenvalue weighted by Gasteiger charge is -2.50. The Bertz CT molecular complexity index is 461. The Balaban J connectivity index is 2.04. The van der Waals surface area contributed by atoms with Gasteiger partial charge < -0.3 is 5.32 Å². The van der Waals surface area contributed by atoms with Crippen LogP contribution < -0.4 is 5.32 Å². The van der Waals surface area contributed by atoms with Gasteiger partial charge in [0, 0.05) is 11.7 Å². The minimum Gasteiger partial charge on any atom is -0.382 e. The van der Waals surface area contributed by atoms with Crippen LogP contribution in [0, 0.1) is 18.8 Å². The molecule has 1 heterocycles. The van der Waals surface area contributed by atoms with Crippen LogP contribution in [0.2, 0.25) is 0 Å². The summed E-state index contributed by atoms with van der Waals surface area (Å²) in [6.45, 7) is 9.49. The van der Waals surface area contributed by atoms with Crippen LogP contribution >= 0.6 is 0 Å². The number of hydrogen-bond donors (Lipinski definition) is 1. The van der Waals surface area contributed by atoms with Crippen molar-refractivity contribution < 1.29 is 0 Å². The number of benzene rings is 1. The van der Waals surface area contributed by atoms with Crippen LogP contribution in [0.15, 0.2) is 18.2 Å². The fourth-order valence-electron chi connectivity index (χ4n) is 4.12. The van der Waals surface area contributed by atoms with E-state index in [-0.39, 0.29) is 0 Å². The Kier molecular flexibility index (Phi) is 2.69. The van der Waals surface area contributed by atoms with Crippen molar-refractivity contribution in [3.63, 3.8) is 0 Å². The minimum atomic E-state index is 0.317. The van der Waals surface area contributed by atoms with Crippen LogP contribution in [0.1, 0.15) is 51.2 Å². The summed E-state index contributed by atoms with van der Waals surface area (Å²) in [4.78, 5) is 0. The molecular formula is C17H25N. The Labute approximate surface area is 111 Å². The molecule has 0 aromatic heterocycles. The monoisotopic (exact) mass is 243 g/mol. The van der Waals surface area contributed by atoms with E-state index in [1.165, 1.54) is 36.1 Å². The van der Waals surface area contributed by atoms with Gasteiger partial charge in [0.25, 0.3) is 0 Å². The predicted molar refractivity (Wildman–Crippen MR) is 78.1 cm³/mol. The second kappa shape index (κ2) is 4.01. The van der Waals surface area contributed by atoms with Crippen molar-refractivity contribution in [1.82, 2.24) is 0 Å². The van der Waals surface area contributed by atoms with Gasteiger partial charge >= 0.3 is 0 Å². The molecule has 3 rings (SSSR count). The molecule has 2 aliphatic rings. The van der Waals surface area contributed by atoms with E-state index in [4.69, 9.17) is 0 Å². The average Bonchev–Trinajstić information content (AvgIpc) is 2.30. The van der Waals surface area contributed by atoms with E-state index in [0.717, 1.165) is 11.8 Å². The molecule has 0 radical (unpaired) electrons. The highest BCUT2D eigenvalue weighted by Gasteiger charge is 2.44. The van der Waals surface area contributed by atoms with Crippen LogP contribution in [-0.2, 0) is 5.41 Å². The molecule has 1 saturated carbocycles. The lowest BCUT2D eigenvalue weighted by molar-refractivity contribution is 0.174. The minimum absolute atomic E-state index is 0.317. The molecule has 1 aliphatic heterocycles. The molecule has 0 unspecified atom stereocenters. The van der Waals surface area contributed by atoms with E-state index >= 15 is 0 Å². The van der Waals surface area contributed by atoms with Gasteiger partial charge in [-0.05, 0) is 48.6 Å². The third-order valence-electron chi connectivity index (χ3n) is 5.25. The Morgan fingerprint density at radius 3 is 2.78 bits per heavy atom. The van der Waals surface area contributed by atoms with E-state index in [1.54, 1.807) is 0 Å². The van der Waals surface area contributed by atoms with Gasteiger partial charge in [-0.2, -0.15) is 0 Å². The zero-order valence-electron chi connectivity index (χ0n) is 12.1. The first-order valence-corrected chi connectivity index (χ1v) is 7.36. The van der Waals surface area contributed by atoms with Gasteiger partial charge in [0.2, 0.25) is 0 Å². The number of anilines is 1. The van der Waals surface area contributed by atoms with E-state index in [9.17, 15) is 0 Å². The molecule has 1 N–H and O–H groups in total. The van der Waals surface area contributed by atoms with Crippen LogP contribution in [0.4, 0.5) is 5.69 Å². The maximum absolute atomic E-state index is 3.81. The molecule has 1 nitrogen and oxygen atoms in total. The number of aryl methyl sites for hydroxylation is 1. The topological polar surface area (TPSA) is 12.0 Å². The molecule has 98 valence electrons. The SMILES string of the molecule is Cc1ccc2c(c1)C(C)(C)[C@@H]1CC[C@@H](C)C[C@H]1N2. The van der Waals surface area contributed by atoms with Crippen molar-refractivity contribution in [3.05, 3.63) is 29.3 Å². The highest BCUT2D eigenvalue weighted by atomic mass is 15.0. The quantitative estimate of drug-likeness (QED) is 0.707. The second-order valence-corrected chi connectivity index (χ2v) is 7.05. The standard InChI is InChI=1S/C17H25N/c1-11-6-8-15-14(9-11)17(3,4)13-7-5-12(2)10-16(13)18-15/h6,8-9,12-13,16,18H,5,7,10H2,1-4H3/t12-,13-,16-/m1/s1. The van der Waals surface area contributed by atoms with Gasteiger partial charge in [0.15, 0.2) is 0 Å². The summed E-state index contributed by atoms with van der Waals surface area (Å²) in [6, 6.07) is 7.58. The van der Waals surface area contributed by atoms with Gasteiger partial charge in [-0.3, -0.25) is 0 Å². The second-order valence-electron chi connectivity index (χ2n) is 7.05. The summed E-state index contributed by atoms with van der Waals surface area (Å²) < 4.78 is 0. The predicted octanol–water partition coefficient (Wildman–Crippen LogP) is 4.50. The summed E-state index contributed by atoms with van der Waals surface area (Å²) >= 11 is 0. The van der Waals surface area contributed by atoms with Gasteiger partial charge in [-0.15, -0.1) is 0 Å². The van der Waals surface area contributed by atoms with Gasteiger partial charge in [0.05, 0.1) is 0 Å². The lowest BCUT2D eigenvalue weighted by Crippen LogP contribution is -2.49. The zero-order chi connectivity index (χ0) is 12.9. The molecule has 3 atom stereocenters. The average molecular weight is 243 g/mol. The molecule has 1 fully saturated rings. The van der Waals surface area contributed by atoms with E-state index < -0.39 is 0 Å². The summed E-state index contributed by atoms with van der Waals surface area (Å²) in [5, 5.41) is 3.81. The van der Waals surface area contributed by atoms with Crippen molar-refractivity contribution in [2.75, 3.05) is 5.32 Å². The van der Waals surface area contributed by atoms with E-state index in [0.29, 0.717) is 11.5 Å². The summed E-state index contributed by atoms with van der Waals surface area (Å²) in [5.74, 6) is 1.67. The molecule has 1 heteroatoms. The first-order chi connectivity index (χ1) is 8.48. The van der Waals surface area contributed by atoms with E-state index in [1.807, 2.05) is 0 Å². The number of fused-ring (bicyclic) bond motifs is 2. The van der Waals surface area contributed by atoms with Crippen LogP contribution in [0.3, 0.4) is 0 Å². The zero-order valence-corrected chi connectivity index (χ0v) is 12.1. The van der Waals surface area contributed by atoms with Crippen LogP contribution in [0.5, 0.6) is 0 Å². The van der Waals surface area contributed by atoms with Crippen molar-refractivity contribution in [2.45, 2.75) is 58.4 Å². The highest BCUT2D eigenvalue weighted by molar-refractivity contribution is 5.59. The number of hydrogen-bond acceptors (Lipinski definition) is 1. The molecule has 0 amide bonds. The Morgan fingerprint density at radius 1 is 1.22 bits per heavy atom. The molecule has 18 heavy (non-hydrogen) atoms. The summed E-state index contributed by atoms with van der Waals surface area (Å²) in [5.41, 5.74) is 4.60. The van der Waals surface area contributed by atoms with Crippen LogP contribution in [0.25, 0.3) is 0 Å². The molecule has 0 bridgehead atoms. The third-order valence-corrected chi connectivity index (χ3v) is 5.25. The first-order valence-electron chi connectivity index (χ1n) is 7.36. The number of nitrogens with one attached hydrogen (secondary N) is 1. The third kappa shape index (κ3) is 1.75. The maximum Gasteiger partial charge on any atom is 0.0380 e. The fourth-order valence-corrected chi connectivity index (χ4v) is 4.12. The Morgan fingerprint density at radius 2 is 2.00 bits per heavy atom. The maximum atomic E-state index is 3.81. The Hall–Kier alpha value is -0.980. The van der Waals surface area contributed by atoms with Crippen molar-refractivity contribution >= 4 is 5.69 Å². The largest absolute Gasteiger partial charge is 0.382 e. The van der Waals surface area contributed by atoms with E-state index in [2.05, 4.69) is 51.2 Å². The normalized spacial score (nSPS) is 33.2. The lowest BCUT2D eigenvalue weighted by atomic mass is 9.61. The smallest absolute Gasteiger partial charge is 0.0380 e. The van der Waals surface area contributed by atoms with Crippen molar-refractivity contribution in [2.24, 2.45) is 11.8 Å². The van der Waals surface area contributed by atoms with Gasteiger partial charge in [0.1, 0.15) is 0 Å². The van der Waals surface area contributed by atoms with Gasteiger partial charge in [-0.1, -0.05) is 44.9 Å². The summed E-state index contributed by atoms with van der Waals surface area (Å²) in [6.07, 6.45) is 4.11.